The summed E-state index contributed by atoms with van der Waals surface area (Å²) in [6, 6.07) is 10.3. The monoisotopic (exact) mass is 398 g/mol. The zero-order valence-corrected chi connectivity index (χ0v) is 16.7. The van der Waals surface area contributed by atoms with Gasteiger partial charge in [0.1, 0.15) is 12.2 Å². The van der Waals surface area contributed by atoms with Crippen LogP contribution in [0.5, 0.6) is 0 Å². The maximum atomic E-state index is 12.7. The molecule has 1 amide bonds. The third kappa shape index (κ3) is 4.43. The van der Waals surface area contributed by atoms with Gasteiger partial charge in [-0.25, -0.2) is 4.79 Å². The summed E-state index contributed by atoms with van der Waals surface area (Å²) in [4.78, 5) is 36.6. The van der Waals surface area contributed by atoms with Gasteiger partial charge in [0.2, 0.25) is 0 Å². The van der Waals surface area contributed by atoms with Crippen molar-refractivity contribution in [3.63, 3.8) is 0 Å². The van der Waals surface area contributed by atoms with Gasteiger partial charge in [0.05, 0.1) is 12.0 Å². The van der Waals surface area contributed by atoms with E-state index in [1.165, 1.54) is 13.2 Å². The molecule has 0 saturated carbocycles. The number of anilines is 1. The number of fused-ring (bicyclic) bond motifs is 1. The van der Waals surface area contributed by atoms with Crippen molar-refractivity contribution >= 4 is 23.3 Å². The molecule has 0 bridgehead atoms. The summed E-state index contributed by atoms with van der Waals surface area (Å²) in [6.07, 6.45) is 0.481. The molecule has 152 valence electrons. The number of hydrogen-bond donors (Lipinski definition) is 2. The molecule has 3 rings (SSSR count). The largest absolute Gasteiger partial charge is 0.465 e. The second-order valence-corrected chi connectivity index (χ2v) is 7.32. The van der Waals surface area contributed by atoms with Gasteiger partial charge in [-0.2, -0.15) is 0 Å². The van der Waals surface area contributed by atoms with Crippen LogP contribution in [0, 0.1) is 24.0 Å². The zero-order valence-electron chi connectivity index (χ0n) is 16.7. The number of quaternary nitrogens is 1. The van der Waals surface area contributed by atoms with Crippen molar-refractivity contribution in [2.75, 3.05) is 19.0 Å². The van der Waals surface area contributed by atoms with Gasteiger partial charge in [0, 0.05) is 18.1 Å². The molecule has 0 aromatic heterocycles. The van der Waals surface area contributed by atoms with E-state index < -0.39 is 11.0 Å². The average molecular weight is 398 g/mol. The van der Waals surface area contributed by atoms with Gasteiger partial charge in [-0.15, -0.1) is 0 Å². The predicted octanol–water partition coefficient (Wildman–Crippen LogP) is 1.33. The van der Waals surface area contributed by atoms with Gasteiger partial charge >= 0.3 is 5.97 Å². The number of amides is 1. The molecule has 29 heavy (non-hydrogen) atoms. The number of nitrogens with one attached hydrogen (secondary N) is 2. The lowest BCUT2D eigenvalue weighted by Crippen LogP contribution is -3.17. The van der Waals surface area contributed by atoms with Crippen molar-refractivity contribution in [2.24, 2.45) is 0 Å². The van der Waals surface area contributed by atoms with E-state index in [1.54, 1.807) is 13.0 Å². The Labute approximate surface area is 168 Å². The molecule has 8 heteroatoms. The van der Waals surface area contributed by atoms with E-state index in [2.05, 4.69) is 5.32 Å². The minimum atomic E-state index is -0.511. The number of ether oxygens (including phenoxy) is 1. The van der Waals surface area contributed by atoms with Gasteiger partial charge in [-0.05, 0) is 36.6 Å². The second kappa shape index (κ2) is 8.40. The topological polar surface area (TPSA) is 103 Å². The first-order valence-electron chi connectivity index (χ1n) is 9.34. The Kier molecular flexibility index (Phi) is 5.93. The highest BCUT2D eigenvalue weighted by Gasteiger charge is 2.37. The normalized spacial score (nSPS) is 17.9. The second-order valence-electron chi connectivity index (χ2n) is 7.32. The first-order chi connectivity index (χ1) is 13.8. The van der Waals surface area contributed by atoms with Crippen molar-refractivity contribution in [1.29, 1.82) is 0 Å². The summed E-state index contributed by atoms with van der Waals surface area (Å²) < 4.78 is 4.93. The third-order valence-electron chi connectivity index (χ3n) is 5.41. The van der Waals surface area contributed by atoms with Crippen LogP contribution in [-0.2, 0) is 27.3 Å². The van der Waals surface area contributed by atoms with Gasteiger partial charge in [0.15, 0.2) is 12.6 Å². The molecule has 2 atom stereocenters. The van der Waals surface area contributed by atoms with Crippen molar-refractivity contribution in [3.8, 4) is 0 Å². The number of esters is 1. The number of carbonyl (C=O) groups excluding carboxylic acids is 2. The van der Waals surface area contributed by atoms with Gasteiger partial charge in [-0.3, -0.25) is 14.9 Å². The van der Waals surface area contributed by atoms with E-state index >= 15 is 0 Å². The Hall–Kier alpha value is -3.26. The van der Waals surface area contributed by atoms with Crippen molar-refractivity contribution in [3.05, 3.63) is 68.8 Å². The first kappa shape index (κ1) is 20.5. The van der Waals surface area contributed by atoms with Crippen molar-refractivity contribution < 1.29 is 24.1 Å². The number of nitro groups is 1. The van der Waals surface area contributed by atoms with Gasteiger partial charge in [0.25, 0.3) is 11.6 Å². The Morgan fingerprint density at radius 1 is 1.21 bits per heavy atom. The van der Waals surface area contributed by atoms with E-state index in [0.717, 1.165) is 27.2 Å². The van der Waals surface area contributed by atoms with Crippen LogP contribution in [0.15, 0.2) is 36.4 Å². The van der Waals surface area contributed by atoms with E-state index in [-0.39, 0.29) is 29.8 Å². The van der Waals surface area contributed by atoms with Crippen LogP contribution < -0.4 is 10.2 Å². The molecule has 1 heterocycles. The average Bonchev–Trinajstić information content (AvgIpc) is 2.69. The minimum Gasteiger partial charge on any atom is -0.465 e. The SMILES string of the molecule is COC(=O)[C@H]1Cc2ccccc2C[NH+]1CC(=O)Nc1cc(C)c(C)cc1[N+](=O)[O-]. The molecule has 0 radical (unpaired) electrons. The van der Waals surface area contributed by atoms with Crippen LogP contribution in [0.2, 0.25) is 0 Å². The summed E-state index contributed by atoms with van der Waals surface area (Å²) in [7, 11) is 1.33. The molecular formula is C21H24N3O5+. The molecule has 2 aromatic rings. The molecule has 1 aliphatic rings. The quantitative estimate of drug-likeness (QED) is 0.449. The molecular weight excluding hydrogens is 374 g/mol. The van der Waals surface area contributed by atoms with Crippen LogP contribution in [-0.4, -0.2) is 36.5 Å². The molecule has 0 aliphatic carbocycles. The van der Waals surface area contributed by atoms with E-state index in [9.17, 15) is 19.7 Å². The fraction of sp³-hybridized carbons (Fsp3) is 0.333. The molecule has 2 N–H and O–H groups in total. The van der Waals surface area contributed by atoms with Crippen LogP contribution in [0.3, 0.4) is 0 Å². The Balaban J connectivity index is 1.81. The number of carbonyl (C=O) groups is 2. The van der Waals surface area contributed by atoms with Crippen molar-refractivity contribution in [2.45, 2.75) is 32.9 Å². The maximum absolute atomic E-state index is 12.7. The number of rotatable bonds is 5. The van der Waals surface area contributed by atoms with E-state index in [4.69, 9.17) is 4.74 Å². The molecule has 8 nitrogen and oxygen atoms in total. The Morgan fingerprint density at radius 2 is 1.86 bits per heavy atom. The van der Waals surface area contributed by atoms with Crippen LogP contribution in [0.25, 0.3) is 0 Å². The zero-order chi connectivity index (χ0) is 21.1. The Bertz CT molecular complexity index is 973. The number of hydrogen-bond acceptors (Lipinski definition) is 5. The number of nitro benzene ring substituents is 1. The molecule has 0 saturated heterocycles. The summed E-state index contributed by atoms with van der Waals surface area (Å²) in [5.74, 6) is -0.765. The van der Waals surface area contributed by atoms with Crippen LogP contribution in [0.1, 0.15) is 22.3 Å². The summed E-state index contributed by atoms with van der Waals surface area (Å²) >= 11 is 0. The maximum Gasteiger partial charge on any atom is 0.365 e. The van der Waals surface area contributed by atoms with E-state index in [0.29, 0.717) is 13.0 Å². The molecule has 2 aromatic carbocycles. The van der Waals surface area contributed by atoms with Gasteiger partial charge < -0.3 is 15.0 Å². The van der Waals surface area contributed by atoms with Crippen LogP contribution >= 0.6 is 0 Å². The standard InChI is InChI=1S/C21H23N3O5/c1-13-8-17(18(24(27)28)9-14(13)2)22-20(25)12-23-11-16-7-5-4-6-15(16)10-19(23)21(26)29-3/h4-9,19H,10-12H2,1-3H3,(H,22,25)/p+1/t19-/m1/s1. The highest BCUT2D eigenvalue weighted by molar-refractivity contribution is 5.94. The highest BCUT2D eigenvalue weighted by Crippen LogP contribution is 2.27. The first-order valence-corrected chi connectivity index (χ1v) is 9.34. The fourth-order valence-electron chi connectivity index (χ4n) is 3.69. The smallest absolute Gasteiger partial charge is 0.365 e. The summed E-state index contributed by atoms with van der Waals surface area (Å²) in [5, 5.41) is 14.0. The molecule has 0 spiro atoms. The highest BCUT2D eigenvalue weighted by atomic mass is 16.6. The summed E-state index contributed by atoms with van der Waals surface area (Å²) in [5.41, 5.74) is 3.78. The van der Waals surface area contributed by atoms with Gasteiger partial charge in [-0.1, -0.05) is 24.3 Å². The number of benzene rings is 2. The lowest BCUT2D eigenvalue weighted by atomic mass is 9.94. The summed E-state index contributed by atoms with van der Waals surface area (Å²) in [6.45, 7) is 4.11. The number of aryl methyl sites for hydroxylation is 2. The number of methoxy groups -OCH3 is 1. The van der Waals surface area contributed by atoms with Crippen molar-refractivity contribution in [1.82, 2.24) is 0 Å². The minimum absolute atomic E-state index is 0.00181. The fourth-order valence-corrected chi connectivity index (χ4v) is 3.69. The number of nitrogens with zero attached hydrogens (tertiary/aromatic N) is 1. The third-order valence-corrected chi connectivity index (χ3v) is 5.41. The Morgan fingerprint density at radius 3 is 2.52 bits per heavy atom. The van der Waals surface area contributed by atoms with E-state index in [1.807, 2.05) is 31.2 Å². The molecule has 0 fully saturated rings. The lowest BCUT2D eigenvalue weighted by Gasteiger charge is -2.31. The lowest BCUT2D eigenvalue weighted by molar-refractivity contribution is -0.924. The molecule has 1 unspecified atom stereocenters. The molecule has 1 aliphatic heterocycles. The van der Waals surface area contributed by atoms with Crippen LogP contribution in [0.4, 0.5) is 11.4 Å². The predicted molar refractivity (Wildman–Crippen MR) is 107 cm³/mol.